The second-order valence-corrected chi connectivity index (χ2v) is 5.75. The largest absolute Gasteiger partial charge is 0.391 e. The number of carbonyl (C=O) groups excluding carboxylic acids is 1. The molecule has 3 heteroatoms. The molecular weight excluding hydrogens is 202 g/mol. The van der Waals surface area contributed by atoms with E-state index in [9.17, 15) is 9.90 Å². The Kier molecular flexibility index (Phi) is 2.66. The van der Waals surface area contributed by atoms with Crippen molar-refractivity contribution in [1.82, 2.24) is 5.32 Å². The first kappa shape index (κ1) is 10.6. The summed E-state index contributed by atoms with van der Waals surface area (Å²) in [5.74, 6) is 1.88. The van der Waals surface area contributed by atoms with E-state index < -0.39 is 0 Å². The van der Waals surface area contributed by atoms with Crippen molar-refractivity contribution in [1.29, 1.82) is 0 Å². The van der Waals surface area contributed by atoms with Crippen molar-refractivity contribution in [3.05, 3.63) is 0 Å². The summed E-state index contributed by atoms with van der Waals surface area (Å²) < 4.78 is 0. The molecular formula is C13H21NO2. The third kappa shape index (κ3) is 1.75. The fourth-order valence-corrected chi connectivity index (χ4v) is 3.77. The monoisotopic (exact) mass is 223 g/mol. The van der Waals surface area contributed by atoms with E-state index in [1.807, 2.05) is 0 Å². The van der Waals surface area contributed by atoms with Crippen LogP contribution in [0, 0.1) is 17.8 Å². The smallest absolute Gasteiger partial charge is 0.223 e. The predicted molar refractivity (Wildman–Crippen MR) is 60.7 cm³/mol. The molecule has 0 aromatic rings. The molecule has 0 aromatic carbocycles. The zero-order chi connectivity index (χ0) is 11.1. The molecule has 3 aliphatic carbocycles. The molecule has 0 bridgehead atoms. The van der Waals surface area contributed by atoms with E-state index in [2.05, 4.69) is 5.32 Å². The SMILES string of the molecule is O=C(N[C@H]1CCCC[C@@H]1O)C1C2CCCC21. The van der Waals surface area contributed by atoms with Gasteiger partial charge in [-0.15, -0.1) is 0 Å². The van der Waals surface area contributed by atoms with Crippen molar-refractivity contribution in [2.75, 3.05) is 0 Å². The lowest BCUT2D eigenvalue weighted by Gasteiger charge is -2.28. The molecule has 3 nitrogen and oxygen atoms in total. The summed E-state index contributed by atoms with van der Waals surface area (Å²) in [6.45, 7) is 0. The second-order valence-electron chi connectivity index (χ2n) is 5.75. The normalized spacial score (nSPS) is 46.2. The van der Waals surface area contributed by atoms with Crippen LogP contribution in [0.4, 0.5) is 0 Å². The summed E-state index contributed by atoms with van der Waals surface area (Å²) in [7, 11) is 0. The highest BCUT2D eigenvalue weighted by Gasteiger charge is 2.56. The first-order valence-electron chi connectivity index (χ1n) is 6.76. The Labute approximate surface area is 96.6 Å². The van der Waals surface area contributed by atoms with E-state index in [0.29, 0.717) is 17.8 Å². The lowest BCUT2D eigenvalue weighted by Crippen LogP contribution is -2.46. The fourth-order valence-electron chi connectivity index (χ4n) is 3.77. The number of aliphatic hydroxyl groups is 1. The van der Waals surface area contributed by atoms with Gasteiger partial charge in [0.25, 0.3) is 0 Å². The lowest BCUT2D eigenvalue weighted by molar-refractivity contribution is -0.125. The number of carbonyl (C=O) groups is 1. The molecule has 2 N–H and O–H groups in total. The van der Waals surface area contributed by atoms with Gasteiger partial charge in [0.15, 0.2) is 0 Å². The molecule has 1 amide bonds. The van der Waals surface area contributed by atoms with Gasteiger partial charge < -0.3 is 10.4 Å². The van der Waals surface area contributed by atoms with Crippen LogP contribution in [0.25, 0.3) is 0 Å². The Hall–Kier alpha value is -0.570. The zero-order valence-corrected chi connectivity index (χ0v) is 9.69. The average molecular weight is 223 g/mol. The van der Waals surface area contributed by atoms with Gasteiger partial charge in [0.05, 0.1) is 12.1 Å². The number of amides is 1. The molecule has 0 aromatic heterocycles. The highest BCUT2D eigenvalue weighted by molar-refractivity contribution is 5.82. The van der Waals surface area contributed by atoms with Crippen LogP contribution in [0.2, 0.25) is 0 Å². The number of hydrogen-bond donors (Lipinski definition) is 2. The van der Waals surface area contributed by atoms with Gasteiger partial charge in [-0.05, 0) is 37.5 Å². The van der Waals surface area contributed by atoms with E-state index in [4.69, 9.17) is 0 Å². The minimum atomic E-state index is -0.309. The van der Waals surface area contributed by atoms with Crippen LogP contribution < -0.4 is 5.32 Å². The Bertz CT molecular complexity index is 282. The summed E-state index contributed by atoms with van der Waals surface area (Å²) in [6, 6.07) is 0.0302. The number of fused-ring (bicyclic) bond motifs is 1. The summed E-state index contributed by atoms with van der Waals surface area (Å²) >= 11 is 0. The summed E-state index contributed by atoms with van der Waals surface area (Å²) in [5, 5.41) is 12.9. The minimum absolute atomic E-state index is 0.0302. The van der Waals surface area contributed by atoms with Crippen molar-refractivity contribution in [2.24, 2.45) is 17.8 Å². The number of hydrogen-bond acceptors (Lipinski definition) is 2. The van der Waals surface area contributed by atoms with Gasteiger partial charge in [0.2, 0.25) is 5.91 Å². The Morgan fingerprint density at radius 1 is 1.00 bits per heavy atom. The van der Waals surface area contributed by atoms with E-state index in [1.54, 1.807) is 0 Å². The first-order valence-corrected chi connectivity index (χ1v) is 6.76. The average Bonchev–Trinajstić information content (AvgIpc) is 2.76. The summed E-state index contributed by atoms with van der Waals surface area (Å²) in [6.07, 6.45) is 7.53. The summed E-state index contributed by atoms with van der Waals surface area (Å²) in [5.41, 5.74) is 0. The maximum absolute atomic E-state index is 12.0. The van der Waals surface area contributed by atoms with Crippen molar-refractivity contribution in [3.8, 4) is 0 Å². The van der Waals surface area contributed by atoms with Crippen molar-refractivity contribution in [2.45, 2.75) is 57.1 Å². The zero-order valence-electron chi connectivity index (χ0n) is 9.69. The van der Waals surface area contributed by atoms with E-state index in [1.165, 1.54) is 19.3 Å². The van der Waals surface area contributed by atoms with Crippen LogP contribution in [0.15, 0.2) is 0 Å². The van der Waals surface area contributed by atoms with Gasteiger partial charge in [0, 0.05) is 5.92 Å². The molecule has 3 fully saturated rings. The van der Waals surface area contributed by atoms with E-state index in [0.717, 1.165) is 25.7 Å². The maximum Gasteiger partial charge on any atom is 0.223 e. The second kappa shape index (κ2) is 4.02. The molecule has 90 valence electrons. The number of aliphatic hydroxyl groups excluding tert-OH is 1. The van der Waals surface area contributed by atoms with Crippen LogP contribution in [0.1, 0.15) is 44.9 Å². The molecule has 16 heavy (non-hydrogen) atoms. The number of rotatable bonds is 2. The summed E-state index contributed by atoms with van der Waals surface area (Å²) in [4.78, 5) is 12.0. The third-order valence-corrected chi connectivity index (χ3v) is 4.77. The number of nitrogens with one attached hydrogen (secondary N) is 1. The van der Waals surface area contributed by atoms with Crippen molar-refractivity contribution >= 4 is 5.91 Å². The highest BCUT2D eigenvalue weighted by atomic mass is 16.3. The standard InChI is InChI=1S/C13H21NO2/c15-11-7-2-1-6-10(11)14-13(16)12-8-4-3-5-9(8)12/h8-12,15H,1-7H2,(H,14,16)/t8?,9?,10-,11-,12?/m0/s1. The molecule has 4 atom stereocenters. The van der Waals surface area contributed by atoms with Gasteiger partial charge in [-0.1, -0.05) is 19.3 Å². The van der Waals surface area contributed by atoms with Crippen LogP contribution >= 0.6 is 0 Å². The quantitative estimate of drug-likeness (QED) is 0.744. The van der Waals surface area contributed by atoms with Gasteiger partial charge in [-0.25, -0.2) is 0 Å². The van der Waals surface area contributed by atoms with Crippen LogP contribution in [0.5, 0.6) is 0 Å². The fraction of sp³-hybridized carbons (Fsp3) is 0.923. The van der Waals surface area contributed by atoms with Crippen LogP contribution in [0.3, 0.4) is 0 Å². The maximum atomic E-state index is 12.0. The van der Waals surface area contributed by atoms with Gasteiger partial charge in [-0.3, -0.25) is 4.79 Å². The highest BCUT2D eigenvalue weighted by Crippen LogP contribution is 2.57. The molecule has 0 radical (unpaired) electrons. The van der Waals surface area contributed by atoms with Gasteiger partial charge >= 0.3 is 0 Å². The molecule has 3 aliphatic rings. The molecule has 0 heterocycles. The van der Waals surface area contributed by atoms with E-state index in [-0.39, 0.29) is 18.1 Å². The Morgan fingerprint density at radius 3 is 2.38 bits per heavy atom. The molecule has 3 rings (SSSR count). The predicted octanol–water partition coefficient (Wildman–Crippen LogP) is 1.45. The van der Waals surface area contributed by atoms with Crippen LogP contribution in [-0.4, -0.2) is 23.2 Å². The van der Waals surface area contributed by atoms with Gasteiger partial charge in [0.1, 0.15) is 0 Å². The molecule has 0 spiro atoms. The van der Waals surface area contributed by atoms with Crippen LogP contribution in [-0.2, 0) is 4.79 Å². The Balaban J connectivity index is 1.52. The Morgan fingerprint density at radius 2 is 1.69 bits per heavy atom. The molecule has 0 saturated heterocycles. The van der Waals surface area contributed by atoms with Crippen molar-refractivity contribution in [3.63, 3.8) is 0 Å². The lowest BCUT2D eigenvalue weighted by atomic mass is 9.92. The van der Waals surface area contributed by atoms with Gasteiger partial charge in [-0.2, -0.15) is 0 Å². The first-order chi connectivity index (χ1) is 7.77. The molecule has 3 saturated carbocycles. The molecule has 0 aliphatic heterocycles. The molecule has 2 unspecified atom stereocenters. The minimum Gasteiger partial charge on any atom is -0.391 e. The third-order valence-electron chi connectivity index (χ3n) is 4.77. The van der Waals surface area contributed by atoms with E-state index >= 15 is 0 Å². The topological polar surface area (TPSA) is 49.3 Å². The van der Waals surface area contributed by atoms with Crippen molar-refractivity contribution < 1.29 is 9.90 Å².